The van der Waals surface area contributed by atoms with Gasteiger partial charge in [-0.05, 0) is 18.4 Å². The zero-order valence-electron chi connectivity index (χ0n) is 6.78. The van der Waals surface area contributed by atoms with E-state index in [0.717, 1.165) is 0 Å². The van der Waals surface area contributed by atoms with E-state index in [0.29, 0.717) is 0 Å². The summed E-state index contributed by atoms with van der Waals surface area (Å²) in [7, 11) is 0. The van der Waals surface area contributed by atoms with E-state index in [-0.39, 0.29) is 12.5 Å². The van der Waals surface area contributed by atoms with Gasteiger partial charge in [-0.25, -0.2) is 0 Å². The third-order valence-electron chi connectivity index (χ3n) is 1.74. The molecule has 0 aliphatic carbocycles. The Labute approximate surface area is 64.8 Å². The third kappa shape index (κ3) is 5.07. The van der Waals surface area contributed by atoms with E-state index >= 15 is 0 Å². The first-order valence-electron chi connectivity index (χ1n) is 3.63. The van der Waals surface area contributed by atoms with Crippen molar-refractivity contribution in [1.29, 1.82) is 0 Å². The quantitative estimate of drug-likeness (QED) is 0.688. The maximum atomic E-state index is 11.8. The fourth-order valence-electron chi connectivity index (χ4n) is 0.888. The van der Waals surface area contributed by atoms with E-state index in [4.69, 9.17) is 5.73 Å². The Morgan fingerprint density at radius 3 is 1.82 bits per heavy atom. The Morgan fingerprint density at radius 2 is 1.73 bits per heavy atom. The van der Waals surface area contributed by atoms with Crippen molar-refractivity contribution in [2.75, 3.05) is 6.54 Å². The summed E-state index contributed by atoms with van der Waals surface area (Å²) in [6, 6.07) is 0. The van der Waals surface area contributed by atoms with Crippen molar-refractivity contribution in [2.24, 2.45) is 17.6 Å². The smallest absolute Gasteiger partial charge is 0.330 e. The highest BCUT2D eigenvalue weighted by molar-refractivity contribution is 4.67. The van der Waals surface area contributed by atoms with Crippen molar-refractivity contribution < 1.29 is 13.2 Å². The van der Waals surface area contributed by atoms with Crippen LogP contribution < -0.4 is 5.73 Å². The molecular formula is C7H14F3N. The molecule has 0 aliphatic rings. The SMILES string of the molecule is CC(C)C(CN)CC(F)(F)F. The molecule has 0 fully saturated rings. The fraction of sp³-hybridized carbons (Fsp3) is 1.00. The summed E-state index contributed by atoms with van der Waals surface area (Å²) in [5, 5.41) is 0. The summed E-state index contributed by atoms with van der Waals surface area (Å²) in [6.07, 6.45) is -4.84. The Balaban J connectivity index is 3.88. The molecule has 0 amide bonds. The Morgan fingerprint density at radius 1 is 1.27 bits per heavy atom. The molecule has 0 spiro atoms. The van der Waals surface area contributed by atoms with Gasteiger partial charge in [0.05, 0.1) is 0 Å². The van der Waals surface area contributed by atoms with Gasteiger partial charge in [0, 0.05) is 6.42 Å². The zero-order chi connectivity index (χ0) is 9.07. The van der Waals surface area contributed by atoms with Crippen LogP contribution in [0.15, 0.2) is 0 Å². The molecule has 0 heterocycles. The van der Waals surface area contributed by atoms with Crippen LogP contribution in [-0.2, 0) is 0 Å². The van der Waals surface area contributed by atoms with Crippen molar-refractivity contribution in [2.45, 2.75) is 26.4 Å². The Kier molecular flexibility index (Phi) is 3.86. The highest BCUT2D eigenvalue weighted by Gasteiger charge is 2.32. The van der Waals surface area contributed by atoms with E-state index in [1.165, 1.54) is 0 Å². The lowest BCUT2D eigenvalue weighted by Crippen LogP contribution is -2.26. The van der Waals surface area contributed by atoms with Gasteiger partial charge in [-0.1, -0.05) is 13.8 Å². The molecule has 0 aromatic rings. The van der Waals surface area contributed by atoms with Gasteiger partial charge in [0.2, 0.25) is 0 Å². The van der Waals surface area contributed by atoms with Gasteiger partial charge < -0.3 is 5.73 Å². The average Bonchev–Trinajstić information content (AvgIpc) is 1.80. The first-order chi connectivity index (χ1) is 4.87. The number of halogens is 3. The van der Waals surface area contributed by atoms with Gasteiger partial charge in [0.1, 0.15) is 0 Å². The molecule has 1 atom stereocenters. The minimum atomic E-state index is -4.08. The molecule has 0 saturated heterocycles. The minimum absolute atomic E-state index is 0.00150. The summed E-state index contributed by atoms with van der Waals surface area (Å²) >= 11 is 0. The van der Waals surface area contributed by atoms with Crippen LogP contribution in [0.5, 0.6) is 0 Å². The lowest BCUT2D eigenvalue weighted by Gasteiger charge is -2.19. The van der Waals surface area contributed by atoms with E-state index in [1.807, 2.05) is 0 Å². The van der Waals surface area contributed by atoms with E-state index in [9.17, 15) is 13.2 Å². The van der Waals surface area contributed by atoms with Crippen molar-refractivity contribution in [3.8, 4) is 0 Å². The van der Waals surface area contributed by atoms with E-state index < -0.39 is 18.5 Å². The van der Waals surface area contributed by atoms with E-state index in [1.54, 1.807) is 13.8 Å². The summed E-state index contributed by atoms with van der Waals surface area (Å²) < 4.78 is 35.4. The lowest BCUT2D eigenvalue weighted by atomic mass is 9.92. The number of hydrogen-bond acceptors (Lipinski definition) is 1. The van der Waals surface area contributed by atoms with Crippen molar-refractivity contribution in [3.63, 3.8) is 0 Å². The number of alkyl halides is 3. The van der Waals surface area contributed by atoms with Gasteiger partial charge in [-0.3, -0.25) is 0 Å². The number of nitrogens with two attached hydrogens (primary N) is 1. The standard InChI is InChI=1S/C7H14F3N/c1-5(2)6(4-11)3-7(8,9)10/h5-6H,3-4,11H2,1-2H3. The zero-order valence-corrected chi connectivity index (χ0v) is 6.78. The largest absolute Gasteiger partial charge is 0.389 e. The molecule has 0 radical (unpaired) electrons. The molecule has 0 aromatic carbocycles. The van der Waals surface area contributed by atoms with Crippen LogP contribution >= 0.6 is 0 Å². The summed E-state index contributed by atoms with van der Waals surface area (Å²) in [5.41, 5.74) is 5.18. The van der Waals surface area contributed by atoms with Crippen LogP contribution in [-0.4, -0.2) is 12.7 Å². The average molecular weight is 169 g/mol. The first-order valence-corrected chi connectivity index (χ1v) is 3.63. The van der Waals surface area contributed by atoms with Crippen molar-refractivity contribution >= 4 is 0 Å². The molecule has 0 aliphatic heterocycles. The van der Waals surface area contributed by atoms with Gasteiger partial charge in [0.15, 0.2) is 0 Å². The van der Waals surface area contributed by atoms with Crippen molar-refractivity contribution in [1.82, 2.24) is 0 Å². The van der Waals surface area contributed by atoms with Crippen LogP contribution in [0, 0.1) is 11.8 Å². The molecule has 0 aromatic heterocycles. The predicted octanol–water partition coefficient (Wildman–Crippen LogP) is 2.17. The topological polar surface area (TPSA) is 26.0 Å². The number of rotatable bonds is 3. The maximum absolute atomic E-state index is 11.8. The van der Waals surface area contributed by atoms with E-state index in [2.05, 4.69) is 0 Å². The van der Waals surface area contributed by atoms with Gasteiger partial charge in [-0.15, -0.1) is 0 Å². The molecule has 0 bridgehead atoms. The van der Waals surface area contributed by atoms with Gasteiger partial charge in [0.25, 0.3) is 0 Å². The van der Waals surface area contributed by atoms with Crippen molar-refractivity contribution in [3.05, 3.63) is 0 Å². The van der Waals surface area contributed by atoms with Crippen LogP contribution in [0.4, 0.5) is 13.2 Å². The Hall–Kier alpha value is -0.250. The van der Waals surface area contributed by atoms with Crippen LogP contribution in [0.2, 0.25) is 0 Å². The molecule has 4 heteroatoms. The lowest BCUT2D eigenvalue weighted by molar-refractivity contribution is -0.146. The number of hydrogen-bond donors (Lipinski definition) is 1. The monoisotopic (exact) mass is 169 g/mol. The molecular weight excluding hydrogens is 155 g/mol. The Bertz CT molecular complexity index is 109. The van der Waals surface area contributed by atoms with Crippen LogP contribution in [0.1, 0.15) is 20.3 Å². The highest BCUT2D eigenvalue weighted by Crippen LogP contribution is 2.27. The first kappa shape index (κ1) is 10.8. The molecule has 0 saturated carbocycles. The van der Waals surface area contributed by atoms with Gasteiger partial charge >= 0.3 is 6.18 Å². The van der Waals surface area contributed by atoms with Crippen LogP contribution in [0.3, 0.4) is 0 Å². The molecule has 2 N–H and O–H groups in total. The molecule has 11 heavy (non-hydrogen) atoms. The second kappa shape index (κ2) is 3.95. The minimum Gasteiger partial charge on any atom is -0.330 e. The molecule has 1 nitrogen and oxygen atoms in total. The van der Waals surface area contributed by atoms with Crippen LogP contribution in [0.25, 0.3) is 0 Å². The fourth-order valence-corrected chi connectivity index (χ4v) is 0.888. The highest BCUT2D eigenvalue weighted by atomic mass is 19.4. The summed E-state index contributed by atoms with van der Waals surface area (Å²) in [6.45, 7) is 3.61. The predicted molar refractivity (Wildman–Crippen MR) is 38.1 cm³/mol. The normalized spacial score (nSPS) is 15.5. The van der Waals surface area contributed by atoms with Gasteiger partial charge in [-0.2, -0.15) is 13.2 Å². The third-order valence-corrected chi connectivity index (χ3v) is 1.74. The summed E-state index contributed by atoms with van der Waals surface area (Å²) in [5.74, 6) is -0.434. The second-order valence-electron chi connectivity index (χ2n) is 3.06. The maximum Gasteiger partial charge on any atom is 0.389 e. The molecule has 0 rings (SSSR count). The molecule has 1 unspecified atom stereocenters. The second-order valence-corrected chi connectivity index (χ2v) is 3.06. The summed E-state index contributed by atoms with van der Waals surface area (Å²) in [4.78, 5) is 0. The molecule has 68 valence electrons.